The fourth-order valence-electron chi connectivity index (χ4n) is 1.96. The fourth-order valence-corrected chi connectivity index (χ4v) is 2.51. The van der Waals surface area contributed by atoms with Crippen molar-refractivity contribution in [3.8, 4) is 11.5 Å². The number of thiazole rings is 1. The Hall–Kier alpha value is -3.14. The number of aromatic nitrogens is 1. The summed E-state index contributed by atoms with van der Waals surface area (Å²) in [6, 6.07) is 3.21. The summed E-state index contributed by atoms with van der Waals surface area (Å²) >= 11 is 1.30. The maximum atomic E-state index is 11.0. The van der Waals surface area contributed by atoms with Gasteiger partial charge >= 0.3 is 11.9 Å². The topological polar surface area (TPSA) is 135 Å². The van der Waals surface area contributed by atoms with Crippen LogP contribution in [0.3, 0.4) is 0 Å². The standard InChI is InChI=1S/C10H12O4.C7H8N2O3S/c1-6-4-7(13-2)5-8(14-3)9(6)10(11)12;10-5(1-2-6(11)12)9-7-8-3-4-13-7/h4-5H,1-3H3,(H,11,12);3-4H,1-2H2,(H,11,12)(H,8,9,10). The molecule has 0 bridgehead atoms. The first kappa shape index (κ1) is 21.9. The van der Waals surface area contributed by atoms with Gasteiger partial charge in [-0.15, -0.1) is 11.3 Å². The lowest BCUT2D eigenvalue weighted by molar-refractivity contribution is -0.138. The first-order valence-corrected chi connectivity index (χ1v) is 8.53. The monoisotopic (exact) mass is 396 g/mol. The molecular weight excluding hydrogens is 376 g/mol. The van der Waals surface area contributed by atoms with Gasteiger partial charge in [0.2, 0.25) is 5.91 Å². The number of carbonyl (C=O) groups excluding carboxylic acids is 1. The lowest BCUT2D eigenvalue weighted by Crippen LogP contribution is -2.12. The number of rotatable bonds is 7. The molecule has 9 nitrogen and oxygen atoms in total. The normalized spacial score (nSPS) is 9.59. The van der Waals surface area contributed by atoms with Crippen LogP contribution < -0.4 is 14.8 Å². The van der Waals surface area contributed by atoms with Gasteiger partial charge in [0.1, 0.15) is 17.1 Å². The molecule has 1 aromatic carbocycles. The van der Waals surface area contributed by atoms with Crippen LogP contribution in [0.1, 0.15) is 28.8 Å². The van der Waals surface area contributed by atoms with Gasteiger partial charge < -0.3 is 25.0 Å². The summed E-state index contributed by atoms with van der Waals surface area (Å²) in [6.07, 6.45) is 1.39. The maximum Gasteiger partial charge on any atom is 0.339 e. The number of hydrogen-bond acceptors (Lipinski definition) is 7. The van der Waals surface area contributed by atoms with Gasteiger partial charge in [-0.2, -0.15) is 0 Å². The van der Waals surface area contributed by atoms with Crippen molar-refractivity contribution in [3.63, 3.8) is 0 Å². The number of aromatic carboxylic acids is 1. The summed E-state index contributed by atoms with van der Waals surface area (Å²) in [4.78, 5) is 35.8. The lowest BCUT2D eigenvalue weighted by Gasteiger charge is -2.10. The molecule has 1 aromatic heterocycles. The number of aliphatic carboxylic acids is 1. The third-order valence-electron chi connectivity index (χ3n) is 3.19. The highest BCUT2D eigenvalue weighted by molar-refractivity contribution is 7.13. The van der Waals surface area contributed by atoms with Gasteiger partial charge in [0, 0.05) is 24.1 Å². The third-order valence-corrected chi connectivity index (χ3v) is 3.88. The van der Waals surface area contributed by atoms with Crippen molar-refractivity contribution in [2.24, 2.45) is 0 Å². The van der Waals surface area contributed by atoms with Crippen LogP contribution in [0.4, 0.5) is 5.13 Å². The Morgan fingerprint density at radius 2 is 1.85 bits per heavy atom. The average Bonchev–Trinajstić information content (AvgIpc) is 3.12. The Morgan fingerprint density at radius 3 is 2.33 bits per heavy atom. The van der Waals surface area contributed by atoms with Crippen molar-refractivity contribution in [1.82, 2.24) is 4.98 Å². The summed E-state index contributed by atoms with van der Waals surface area (Å²) in [5, 5.41) is 21.9. The Morgan fingerprint density at radius 1 is 1.15 bits per heavy atom. The molecule has 0 aliphatic carbocycles. The van der Waals surface area contributed by atoms with E-state index in [-0.39, 0.29) is 24.3 Å². The molecule has 146 valence electrons. The van der Waals surface area contributed by atoms with Crippen LogP contribution in [0.5, 0.6) is 11.5 Å². The molecule has 0 saturated carbocycles. The van der Waals surface area contributed by atoms with Crippen molar-refractivity contribution in [3.05, 3.63) is 34.8 Å². The highest BCUT2D eigenvalue weighted by Crippen LogP contribution is 2.28. The van der Waals surface area contributed by atoms with Crippen molar-refractivity contribution in [2.75, 3.05) is 19.5 Å². The van der Waals surface area contributed by atoms with Crippen molar-refractivity contribution in [1.29, 1.82) is 0 Å². The minimum absolute atomic E-state index is 0.0189. The third kappa shape index (κ3) is 7.32. The number of nitrogens with zero attached hydrogens (tertiary/aromatic N) is 1. The van der Waals surface area contributed by atoms with Crippen LogP contribution in [0.25, 0.3) is 0 Å². The van der Waals surface area contributed by atoms with Crippen molar-refractivity contribution in [2.45, 2.75) is 19.8 Å². The van der Waals surface area contributed by atoms with E-state index in [2.05, 4.69) is 10.3 Å². The van der Waals surface area contributed by atoms with Gasteiger partial charge in [0.15, 0.2) is 5.13 Å². The van der Waals surface area contributed by atoms with E-state index in [1.54, 1.807) is 30.6 Å². The van der Waals surface area contributed by atoms with E-state index in [1.807, 2.05) is 0 Å². The summed E-state index contributed by atoms with van der Waals surface area (Å²) in [7, 11) is 2.95. The number of carboxylic acids is 2. The molecule has 3 N–H and O–H groups in total. The van der Waals surface area contributed by atoms with Gasteiger partial charge in [-0.3, -0.25) is 9.59 Å². The Balaban J connectivity index is 0.000000271. The Kier molecular flexibility index (Phi) is 8.73. The SMILES string of the molecule is COc1cc(C)c(C(=O)O)c(OC)c1.O=C(O)CCC(=O)Nc1nccs1. The summed E-state index contributed by atoms with van der Waals surface area (Å²) < 4.78 is 9.97. The average molecular weight is 396 g/mol. The first-order valence-electron chi connectivity index (χ1n) is 7.65. The molecule has 1 heterocycles. The molecule has 10 heteroatoms. The number of carbonyl (C=O) groups is 3. The highest BCUT2D eigenvalue weighted by atomic mass is 32.1. The van der Waals surface area contributed by atoms with E-state index >= 15 is 0 Å². The number of methoxy groups -OCH3 is 2. The number of ether oxygens (including phenoxy) is 2. The molecule has 0 spiro atoms. The molecule has 0 fully saturated rings. The number of nitrogens with one attached hydrogen (secondary N) is 1. The van der Waals surface area contributed by atoms with Gasteiger partial charge in [-0.1, -0.05) is 0 Å². The summed E-state index contributed by atoms with van der Waals surface area (Å²) in [6.45, 7) is 1.70. The molecule has 2 aromatic rings. The van der Waals surface area contributed by atoms with Crippen molar-refractivity contribution < 1.29 is 34.1 Å². The van der Waals surface area contributed by atoms with E-state index < -0.39 is 11.9 Å². The Labute approximate surface area is 159 Å². The molecule has 1 amide bonds. The number of benzene rings is 1. The number of amides is 1. The lowest BCUT2D eigenvalue weighted by atomic mass is 10.1. The fraction of sp³-hybridized carbons (Fsp3) is 0.294. The highest BCUT2D eigenvalue weighted by Gasteiger charge is 2.15. The van der Waals surface area contributed by atoms with E-state index in [1.165, 1.54) is 25.6 Å². The van der Waals surface area contributed by atoms with Gasteiger partial charge in [0.05, 0.1) is 20.6 Å². The van der Waals surface area contributed by atoms with E-state index in [0.29, 0.717) is 22.2 Å². The zero-order chi connectivity index (χ0) is 20.4. The predicted molar refractivity (Wildman–Crippen MR) is 98.9 cm³/mol. The van der Waals surface area contributed by atoms with Gasteiger partial charge in [0.25, 0.3) is 0 Å². The van der Waals surface area contributed by atoms with Crippen LogP contribution in [0, 0.1) is 6.92 Å². The zero-order valence-electron chi connectivity index (χ0n) is 15.0. The number of hydrogen-bond donors (Lipinski definition) is 3. The van der Waals surface area contributed by atoms with E-state index in [4.69, 9.17) is 19.7 Å². The second-order valence-electron chi connectivity index (χ2n) is 5.11. The molecule has 0 radical (unpaired) electrons. The van der Waals surface area contributed by atoms with Crippen LogP contribution >= 0.6 is 11.3 Å². The maximum absolute atomic E-state index is 11.0. The zero-order valence-corrected chi connectivity index (χ0v) is 15.8. The number of carboxylic acid groups (broad SMARTS) is 2. The van der Waals surface area contributed by atoms with Crippen molar-refractivity contribution >= 4 is 34.3 Å². The van der Waals surface area contributed by atoms with E-state index in [9.17, 15) is 14.4 Å². The minimum Gasteiger partial charge on any atom is -0.497 e. The molecule has 0 aliphatic heterocycles. The quantitative estimate of drug-likeness (QED) is 0.650. The van der Waals surface area contributed by atoms with Crippen LogP contribution in [0.15, 0.2) is 23.7 Å². The van der Waals surface area contributed by atoms with Gasteiger partial charge in [-0.25, -0.2) is 9.78 Å². The molecular formula is C17H20N2O7S. The second kappa shape index (κ2) is 10.8. The van der Waals surface area contributed by atoms with Crippen LogP contribution in [-0.2, 0) is 9.59 Å². The van der Waals surface area contributed by atoms with Gasteiger partial charge in [-0.05, 0) is 18.6 Å². The summed E-state index contributed by atoms with van der Waals surface area (Å²) in [5.41, 5.74) is 0.794. The molecule has 27 heavy (non-hydrogen) atoms. The summed E-state index contributed by atoms with van der Waals surface area (Å²) in [5.74, 6) is -1.40. The molecule has 0 unspecified atom stereocenters. The molecule has 2 rings (SSSR count). The molecule has 0 aliphatic rings. The van der Waals surface area contributed by atoms with Crippen LogP contribution in [-0.4, -0.2) is 47.3 Å². The molecule has 0 atom stereocenters. The number of aryl methyl sites for hydroxylation is 1. The first-order chi connectivity index (χ1) is 12.8. The minimum atomic E-state index is -0.998. The smallest absolute Gasteiger partial charge is 0.339 e. The second-order valence-corrected chi connectivity index (χ2v) is 6.00. The predicted octanol–water partition coefficient (Wildman–Crippen LogP) is 2.66. The largest absolute Gasteiger partial charge is 0.497 e. The molecule has 0 saturated heterocycles. The van der Waals surface area contributed by atoms with Crippen LogP contribution in [0.2, 0.25) is 0 Å². The Bertz CT molecular complexity index is 791. The number of anilines is 1. The van der Waals surface area contributed by atoms with E-state index in [0.717, 1.165) is 0 Å².